The molecule has 29 heavy (non-hydrogen) atoms. The summed E-state index contributed by atoms with van der Waals surface area (Å²) in [4.78, 5) is 0. The predicted octanol–water partition coefficient (Wildman–Crippen LogP) is 6.24. The summed E-state index contributed by atoms with van der Waals surface area (Å²) in [5, 5.41) is 8.08. The van der Waals surface area contributed by atoms with Crippen LogP contribution in [0.3, 0.4) is 0 Å². The lowest BCUT2D eigenvalue weighted by atomic mass is 9.96. The first-order chi connectivity index (χ1) is 14.1. The van der Waals surface area contributed by atoms with Gasteiger partial charge in [-0.05, 0) is 42.0 Å². The minimum Gasteiger partial charge on any atom is -0.497 e. The minimum atomic E-state index is -0.358. The van der Waals surface area contributed by atoms with E-state index in [-0.39, 0.29) is 12.3 Å². The number of hydrazone groups is 1. The quantitative estimate of drug-likeness (QED) is 0.498. The molecule has 0 N–H and O–H groups in total. The van der Waals surface area contributed by atoms with Crippen molar-refractivity contribution in [1.29, 1.82) is 0 Å². The highest BCUT2D eigenvalue weighted by Gasteiger charge is 2.42. The van der Waals surface area contributed by atoms with Crippen LogP contribution in [-0.4, -0.2) is 17.8 Å². The summed E-state index contributed by atoms with van der Waals surface area (Å²) >= 11 is 12.8. The standard InChI is InChI=1S/C23H18Cl2N2O2/c1-28-17-9-7-14(8-10-17)20-13-21-18-11-16(24)12-19(25)22(18)29-23(27(21)26-20)15-5-3-2-4-6-15/h2-12,21,23H,13H2,1H3/t21-,23-/m0/s1. The zero-order valence-corrected chi connectivity index (χ0v) is 17.2. The lowest BCUT2D eigenvalue weighted by molar-refractivity contribution is -0.0189. The number of methoxy groups -OCH3 is 1. The van der Waals surface area contributed by atoms with Crippen LogP contribution in [0.25, 0.3) is 0 Å². The van der Waals surface area contributed by atoms with Crippen LogP contribution in [0.15, 0.2) is 71.8 Å². The molecule has 2 aliphatic rings. The van der Waals surface area contributed by atoms with E-state index in [0.29, 0.717) is 15.8 Å². The number of hydrogen-bond acceptors (Lipinski definition) is 4. The van der Waals surface area contributed by atoms with Crippen molar-refractivity contribution in [3.05, 3.63) is 93.5 Å². The second-order valence-corrected chi connectivity index (χ2v) is 7.91. The third kappa shape index (κ3) is 3.22. The van der Waals surface area contributed by atoms with Crippen molar-refractivity contribution in [2.24, 2.45) is 5.10 Å². The van der Waals surface area contributed by atoms with Gasteiger partial charge in [0.25, 0.3) is 0 Å². The van der Waals surface area contributed by atoms with Crippen molar-refractivity contribution >= 4 is 28.9 Å². The van der Waals surface area contributed by atoms with Gasteiger partial charge in [-0.25, -0.2) is 5.01 Å². The highest BCUT2D eigenvalue weighted by molar-refractivity contribution is 6.35. The summed E-state index contributed by atoms with van der Waals surface area (Å²) in [5.74, 6) is 1.50. The van der Waals surface area contributed by atoms with Gasteiger partial charge in [0.15, 0.2) is 0 Å². The third-order valence-corrected chi connectivity index (χ3v) is 5.82. The van der Waals surface area contributed by atoms with E-state index < -0.39 is 0 Å². The molecule has 5 rings (SSSR count). The Kier molecular flexibility index (Phi) is 4.61. The average Bonchev–Trinajstić information content (AvgIpc) is 3.20. The lowest BCUT2D eigenvalue weighted by Crippen LogP contribution is -2.33. The van der Waals surface area contributed by atoms with Gasteiger partial charge in [0, 0.05) is 22.6 Å². The Labute approximate surface area is 179 Å². The van der Waals surface area contributed by atoms with Crippen molar-refractivity contribution in [3.63, 3.8) is 0 Å². The molecule has 2 atom stereocenters. The maximum atomic E-state index is 6.50. The molecule has 0 aromatic heterocycles. The van der Waals surface area contributed by atoms with Crippen LogP contribution in [0.4, 0.5) is 0 Å². The Morgan fingerprint density at radius 2 is 1.79 bits per heavy atom. The van der Waals surface area contributed by atoms with Gasteiger partial charge in [-0.1, -0.05) is 53.5 Å². The monoisotopic (exact) mass is 424 g/mol. The van der Waals surface area contributed by atoms with Crippen LogP contribution in [0.5, 0.6) is 11.5 Å². The molecule has 2 heterocycles. The maximum Gasteiger partial charge on any atom is 0.213 e. The van der Waals surface area contributed by atoms with Gasteiger partial charge in [-0.15, -0.1) is 0 Å². The van der Waals surface area contributed by atoms with Crippen LogP contribution in [0.2, 0.25) is 10.0 Å². The Bertz CT molecular complexity index is 1080. The molecule has 0 spiro atoms. The molecule has 0 amide bonds. The van der Waals surface area contributed by atoms with Gasteiger partial charge < -0.3 is 9.47 Å². The molecule has 2 aliphatic heterocycles. The molecule has 0 saturated carbocycles. The van der Waals surface area contributed by atoms with Gasteiger partial charge in [-0.2, -0.15) is 5.10 Å². The maximum absolute atomic E-state index is 6.50. The van der Waals surface area contributed by atoms with Crippen molar-refractivity contribution in [2.75, 3.05) is 7.11 Å². The van der Waals surface area contributed by atoms with E-state index in [1.165, 1.54) is 0 Å². The topological polar surface area (TPSA) is 34.1 Å². The summed E-state index contributed by atoms with van der Waals surface area (Å²) in [6.07, 6.45) is 0.381. The summed E-state index contributed by atoms with van der Waals surface area (Å²) in [7, 11) is 1.66. The van der Waals surface area contributed by atoms with Crippen molar-refractivity contribution in [3.8, 4) is 11.5 Å². The molecule has 6 heteroatoms. The summed E-state index contributed by atoms with van der Waals surface area (Å²) in [5.41, 5.74) is 4.03. The lowest BCUT2D eigenvalue weighted by Gasteiger charge is -2.38. The zero-order chi connectivity index (χ0) is 20.0. The van der Waals surface area contributed by atoms with E-state index in [1.54, 1.807) is 13.2 Å². The molecule has 0 bridgehead atoms. The van der Waals surface area contributed by atoms with Gasteiger partial charge in [0.2, 0.25) is 6.23 Å². The van der Waals surface area contributed by atoms with Gasteiger partial charge in [0.05, 0.1) is 23.9 Å². The molecule has 0 radical (unpaired) electrons. The second-order valence-electron chi connectivity index (χ2n) is 7.06. The fourth-order valence-corrected chi connectivity index (χ4v) is 4.46. The average molecular weight is 425 g/mol. The third-order valence-electron chi connectivity index (χ3n) is 5.32. The first-order valence-electron chi connectivity index (χ1n) is 9.35. The Morgan fingerprint density at radius 3 is 2.52 bits per heavy atom. The smallest absolute Gasteiger partial charge is 0.213 e. The number of hydrogen-bond donors (Lipinski definition) is 0. The SMILES string of the molecule is COc1ccc(C2=NN3[C@@H](C2)c2cc(Cl)cc(Cl)c2O[C@H]3c2ccccc2)cc1. The van der Waals surface area contributed by atoms with Crippen molar-refractivity contribution in [1.82, 2.24) is 5.01 Å². The molecule has 0 aliphatic carbocycles. The van der Waals surface area contributed by atoms with Crippen LogP contribution in [0.1, 0.15) is 35.4 Å². The molecule has 146 valence electrons. The fourth-order valence-electron chi connectivity index (χ4n) is 3.91. The Hall–Kier alpha value is -2.69. The zero-order valence-electron chi connectivity index (χ0n) is 15.7. The molecule has 3 aromatic carbocycles. The summed E-state index contributed by atoms with van der Waals surface area (Å²) in [6, 6.07) is 21.7. The van der Waals surface area contributed by atoms with Crippen molar-refractivity contribution in [2.45, 2.75) is 18.7 Å². The largest absolute Gasteiger partial charge is 0.497 e. The van der Waals surface area contributed by atoms with E-state index in [2.05, 4.69) is 0 Å². The molecular weight excluding hydrogens is 407 g/mol. The summed E-state index contributed by atoms with van der Waals surface area (Å²) < 4.78 is 11.6. The number of benzene rings is 3. The predicted molar refractivity (Wildman–Crippen MR) is 115 cm³/mol. The van der Waals surface area contributed by atoms with E-state index in [0.717, 1.165) is 34.6 Å². The molecule has 0 fully saturated rings. The number of ether oxygens (including phenoxy) is 2. The summed E-state index contributed by atoms with van der Waals surface area (Å²) in [6.45, 7) is 0. The first-order valence-corrected chi connectivity index (χ1v) is 10.1. The molecule has 3 aromatic rings. The molecular formula is C23H18Cl2N2O2. The molecule has 4 nitrogen and oxygen atoms in total. The second kappa shape index (κ2) is 7.29. The number of nitrogens with zero attached hydrogens (tertiary/aromatic N) is 2. The fraction of sp³-hybridized carbons (Fsp3) is 0.174. The number of rotatable bonds is 3. The van der Waals surface area contributed by atoms with E-state index in [9.17, 15) is 0 Å². The van der Waals surface area contributed by atoms with E-state index in [4.69, 9.17) is 37.8 Å². The molecule has 0 unspecified atom stereocenters. The van der Waals surface area contributed by atoms with Crippen LogP contribution < -0.4 is 9.47 Å². The number of fused-ring (bicyclic) bond motifs is 3. The van der Waals surface area contributed by atoms with Gasteiger partial charge in [-0.3, -0.25) is 0 Å². The highest BCUT2D eigenvalue weighted by Crippen LogP contribution is 2.50. The van der Waals surface area contributed by atoms with Gasteiger partial charge in [0.1, 0.15) is 11.5 Å². The van der Waals surface area contributed by atoms with Crippen LogP contribution >= 0.6 is 23.2 Å². The first kappa shape index (κ1) is 18.3. The van der Waals surface area contributed by atoms with E-state index in [1.807, 2.05) is 65.7 Å². The van der Waals surface area contributed by atoms with E-state index >= 15 is 0 Å². The highest BCUT2D eigenvalue weighted by atomic mass is 35.5. The van der Waals surface area contributed by atoms with Gasteiger partial charge >= 0.3 is 0 Å². The van der Waals surface area contributed by atoms with Crippen LogP contribution in [-0.2, 0) is 0 Å². The Morgan fingerprint density at radius 1 is 1.03 bits per heavy atom. The minimum absolute atomic E-state index is 0.00254. The van der Waals surface area contributed by atoms with Crippen molar-refractivity contribution < 1.29 is 9.47 Å². The normalized spacial score (nSPS) is 19.8. The van der Waals surface area contributed by atoms with Crippen LogP contribution in [0, 0.1) is 0 Å². The molecule has 0 saturated heterocycles. The Balaban J connectivity index is 1.60. The number of halogens is 2.